The first-order chi connectivity index (χ1) is 14.2. The highest BCUT2D eigenvalue weighted by Gasteiger charge is 2.16. The van der Waals surface area contributed by atoms with Crippen molar-refractivity contribution in [1.82, 2.24) is 9.78 Å². The predicted octanol–water partition coefficient (Wildman–Crippen LogP) is 5.14. The van der Waals surface area contributed by atoms with Gasteiger partial charge in [0.2, 0.25) is 5.91 Å². The van der Waals surface area contributed by atoms with Crippen LogP contribution in [0.3, 0.4) is 0 Å². The first kappa shape index (κ1) is 21.4. The number of nitrogens with zero attached hydrogens (tertiary/aromatic N) is 3. The van der Waals surface area contributed by atoms with Gasteiger partial charge in [0.25, 0.3) is 12.1 Å². The van der Waals surface area contributed by atoms with Crippen molar-refractivity contribution in [3.8, 4) is 0 Å². The Bertz CT molecular complexity index is 1080. The second-order valence-corrected chi connectivity index (χ2v) is 7.75. The predicted molar refractivity (Wildman–Crippen MR) is 109 cm³/mol. The van der Waals surface area contributed by atoms with E-state index in [1.807, 2.05) is 31.2 Å². The molecule has 156 valence electrons. The number of halogens is 2. The van der Waals surface area contributed by atoms with Gasteiger partial charge in [0.1, 0.15) is 12.2 Å². The highest BCUT2D eigenvalue weighted by Crippen LogP contribution is 2.33. The van der Waals surface area contributed by atoms with Gasteiger partial charge < -0.3 is 5.32 Å². The Labute approximate surface area is 175 Å². The fourth-order valence-electron chi connectivity index (χ4n) is 2.70. The molecule has 0 saturated heterocycles. The van der Waals surface area contributed by atoms with Gasteiger partial charge in [-0.1, -0.05) is 29.5 Å². The number of anilines is 1. The Morgan fingerprint density at radius 3 is 2.47 bits per heavy atom. The topological polar surface area (TPSA) is 90.1 Å². The van der Waals surface area contributed by atoms with Gasteiger partial charge in [-0.25, -0.2) is 8.78 Å². The average Bonchev–Trinajstić information content (AvgIpc) is 3.04. The SMILES string of the molecule is Cc1ccc(Sc2cc(NC(=O)Cn3nc(C(F)F)cc3C)cc([N+](=O)[O-])c2)cc1. The highest BCUT2D eigenvalue weighted by atomic mass is 32.2. The minimum absolute atomic E-state index is 0.169. The molecule has 0 aliphatic carbocycles. The maximum atomic E-state index is 12.8. The normalized spacial score (nSPS) is 11.0. The van der Waals surface area contributed by atoms with Gasteiger partial charge in [0, 0.05) is 33.3 Å². The minimum atomic E-state index is -2.73. The number of aromatic nitrogens is 2. The Kier molecular flexibility index (Phi) is 6.46. The van der Waals surface area contributed by atoms with Crippen molar-refractivity contribution in [2.75, 3.05) is 5.32 Å². The molecule has 0 aliphatic heterocycles. The summed E-state index contributed by atoms with van der Waals surface area (Å²) in [6.45, 7) is 3.23. The number of non-ortho nitro benzene ring substituents is 1. The van der Waals surface area contributed by atoms with Crippen LogP contribution in [0.4, 0.5) is 20.2 Å². The molecule has 0 fully saturated rings. The Hall–Kier alpha value is -3.27. The Balaban J connectivity index is 1.78. The maximum absolute atomic E-state index is 12.8. The smallest absolute Gasteiger partial charge is 0.282 e. The average molecular weight is 432 g/mol. The first-order valence-corrected chi connectivity index (χ1v) is 9.69. The lowest BCUT2D eigenvalue weighted by molar-refractivity contribution is -0.385. The number of hydrogen-bond acceptors (Lipinski definition) is 5. The summed E-state index contributed by atoms with van der Waals surface area (Å²) in [5.74, 6) is -0.534. The summed E-state index contributed by atoms with van der Waals surface area (Å²) in [6.07, 6.45) is -2.73. The number of carbonyl (C=O) groups excluding carboxylic acids is 1. The summed E-state index contributed by atoms with van der Waals surface area (Å²) in [7, 11) is 0. The summed E-state index contributed by atoms with van der Waals surface area (Å²) in [5, 5.41) is 17.6. The molecular formula is C20H18F2N4O3S. The van der Waals surface area contributed by atoms with E-state index in [2.05, 4.69) is 10.4 Å². The third-order valence-corrected chi connectivity index (χ3v) is 5.14. The molecule has 1 aromatic heterocycles. The number of benzene rings is 2. The third-order valence-electron chi connectivity index (χ3n) is 4.16. The molecule has 2 aromatic carbocycles. The number of hydrogen-bond donors (Lipinski definition) is 1. The summed E-state index contributed by atoms with van der Waals surface area (Å²) in [4.78, 5) is 24.6. The van der Waals surface area contributed by atoms with Crippen molar-refractivity contribution in [2.24, 2.45) is 0 Å². The number of amides is 1. The van der Waals surface area contributed by atoms with Crippen LogP contribution in [0.25, 0.3) is 0 Å². The largest absolute Gasteiger partial charge is 0.324 e. The van der Waals surface area contributed by atoms with E-state index in [9.17, 15) is 23.7 Å². The Morgan fingerprint density at radius 2 is 1.87 bits per heavy atom. The quantitative estimate of drug-likeness (QED) is 0.413. The molecule has 0 spiro atoms. The van der Waals surface area contributed by atoms with Crippen LogP contribution in [0.15, 0.2) is 58.3 Å². The van der Waals surface area contributed by atoms with E-state index in [0.717, 1.165) is 15.1 Å². The second-order valence-electron chi connectivity index (χ2n) is 6.60. The van der Waals surface area contributed by atoms with Gasteiger partial charge in [-0.05, 0) is 38.1 Å². The minimum Gasteiger partial charge on any atom is -0.324 e. The number of carbonyl (C=O) groups is 1. The van der Waals surface area contributed by atoms with Gasteiger partial charge in [0.15, 0.2) is 0 Å². The molecule has 1 amide bonds. The van der Waals surface area contributed by atoms with Crippen LogP contribution in [0.2, 0.25) is 0 Å². The molecule has 30 heavy (non-hydrogen) atoms. The van der Waals surface area contributed by atoms with Crippen molar-refractivity contribution in [3.63, 3.8) is 0 Å². The molecule has 3 aromatic rings. The molecule has 10 heteroatoms. The van der Waals surface area contributed by atoms with E-state index in [4.69, 9.17) is 0 Å². The molecule has 0 unspecified atom stereocenters. The molecule has 0 radical (unpaired) electrons. The lowest BCUT2D eigenvalue weighted by Crippen LogP contribution is -2.20. The first-order valence-electron chi connectivity index (χ1n) is 8.87. The van der Waals surface area contributed by atoms with E-state index in [1.54, 1.807) is 13.0 Å². The van der Waals surface area contributed by atoms with Gasteiger partial charge in [-0.3, -0.25) is 19.6 Å². The standard InChI is InChI=1S/C20H18F2N4O3S/c1-12-3-5-16(6-4-12)30-17-9-14(8-15(10-17)26(28)29)23-19(27)11-25-13(2)7-18(24-25)20(21)22/h3-10,20H,11H2,1-2H3,(H,23,27). The van der Waals surface area contributed by atoms with Gasteiger partial charge in [-0.15, -0.1) is 0 Å². The highest BCUT2D eigenvalue weighted by molar-refractivity contribution is 7.99. The lowest BCUT2D eigenvalue weighted by atomic mass is 10.2. The monoisotopic (exact) mass is 432 g/mol. The summed E-state index contributed by atoms with van der Waals surface area (Å²) < 4.78 is 26.7. The van der Waals surface area contributed by atoms with Crippen LogP contribution in [0, 0.1) is 24.0 Å². The van der Waals surface area contributed by atoms with Crippen LogP contribution < -0.4 is 5.32 Å². The van der Waals surface area contributed by atoms with Crippen molar-refractivity contribution >= 4 is 29.0 Å². The van der Waals surface area contributed by atoms with Gasteiger partial charge >= 0.3 is 0 Å². The fraction of sp³-hybridized carbons (Fsp3) is 0.200. The van der Waals surface area contributed by atoms with Crippen LogP contribution in [0.5, 0.6) is 0 Å². The number of rotatable bonds is 7. The second kappa shape index (κ2) is 9.04. The molecule has 0 aliphatic rings. The molecule has 1 N–H and O–H groups in total. The van der Waals surface area contributed by atoms with E-state index in [-0.39, 0.29) is 17.9 Å². The van der Waals surface area contributed by atoms with E-state index < -0.39 is 22.9 Å². The number of nitro groups is 1. The van der Waals surface area contributed by atoms with Crippen LogP contribution >= 0.6 is 11.8 Å². The van der Waals surface area contributed by atoms with Crippen LogP contribution in [-0.4, -0.2) is 20.6 Å². The number of nitro benzene ring substituents is 1. The summed E-state index contributed by atoms with van der Waals surface area (Å²) >= 11 is 1.33. The van der Waals surface area contributed by atoms with E-state index in [0.29, 0.717) is 10.6 Å². The maximum Gasteiger partial charge on any atom is 0.282 e. The molecular weight excluding hydrogens is 414 g/mol. The number of nitrogens with one attached hydrogen (secondary N) is 1. The van der Waals surface area contributed by atoms with Crippen LogP contribution in [0.1, 0.15) is 23.4 Å². The molecule has 1 heterocycles. The van der Waals surface area contributed by atoms with Crippen molar-refractivity contribution in [1.29, 1.82) is 0 Å². The lowest BCUT2D eigenvalue weighted by Gasteiger charge is -2.09. The summed E-state index contributed by atoms with van der Waals surface area (Å²) in [5.41, 5.74) is 1.16. The molecule has 3 rings (SSSR count). The third kappa shape index (κ3) is 5.41. The van der Waals surface area contributed by atoms with Gasteiger partial charge in [-0.2, -0.15) is 5.10 Å². The molecule has 0 saturated carbocycles. The zero-order valence-corrected chi connectivity index (χ0v) is 17.0. The van der Waals surface area contributed by atoms with Crippen molar-refractivity contribution in [2.45, 2.75) is 36.6 Å². The van der Waals surface area contributed by atoms with Gasteiger partial charge in [0.05, 0.1) is 4.92 Å². The number of alkyl halides is 2. The number of aryl methyl sites for hydroxylation is 2. The molecule has 7 nitrogen and oxygen atoms in total. The van der Waals surface area contributed by atoms with Crippen molar-refractivity contribution in [3.05, 3.63) is 75.6 Å². The van der Waals surface area contributed by atoms with Crippen molar-refractivity contribution < 1.29 is 18.5 Å². The van der Waals surface area contributed by atoms with E-state index in [1.165, 1.54) is 30.0 Å². The summed E-state index contributed by atoms with van der Waals surface area (Å²) in [6, 6.07) is 13.2. The zero-order chi connectivity index (χ0) is 21.8. The molecule has 0 atom stereocenters. The Morgan fingerprint density at radius 1 is 1.17 bits per heavy atom. The van der Waals surface area contributed by atoms with Crippen LogP contribution in [-0.2, 0) is 11.3 Å². The fourth-order valence-corrected chi connectivity index (χ4v) is 3.61. The molecule has 0 bridgehead atoms. The zero-order valence-electron chi connectivity index (χ0n) is 16.1. The van der Waals surface area contributed by atoms with E-state index >= 15 is 0 Å².